The van der Waals surface area contributed by atoms with Crippen molar-refractivity contribution >= 4 is 5.91 Å². The van der Waals surface area contributed by atoms with Gasteiger partial charge in [-0.15, -0.1) is 5.10 Å². The van der Waals surface area contributed by atoms with E-state index in [2.05, 4.69) is 20.4 Å². The standard InChI is InChI=1S/C13H17N5O3/c1-7-5-8(2)15-12(21-4)9(7)6-14-11(19)10-16-13(20)18(3)17-10/h5H,6H2,1-4H3,(H,14,19)(H,16,17,20). The van der Waals surface area contributed by atoms with Crippen LogP contribution < -0.4 is 15.7 Å². The molecule has 0 spiro atoms. The number of nitrogens with zero attached hydrogens (tertiary/aromatic N) is 3. The van der Waals surface area contributed by atoms with Crippen molar-refractivity contribution in [3.63, 3.8) is 0 Å². The average Bonchev–Trinajstić information content (AvgIpc) is 2.76. The van der Waals surface area contributed by atoms with E-state index in [9.17, 15) is 9.59 Å². The summed E-state index contributed by atoms with van der Waals surface area (Å²) < 4.78 is 6.29. The van der Waals surface area contributed by atoms with Gasteiger partial charge in [-0.05, 0) is 25.5 Å². The molecule has 21 heavy (non-hydrogen) atoms. The second kappa shape index (κ2) is 5.78. The van der Waals surface area contributed by atoms with E-state index in [0.717, 1.165) is 21.5 Å². The second-order valence-corrected chi connectivity index (χ2v) is 4.65. The summed E-state index contributed by atoms with van der Waals surface area (Å²) in [7, 11) is 3.00. The maximum Gasteiger partial charge on any atom is 0.343 e. The highest BCUT2D eigenvalue weighted by Crippen LogP contribution is 2.20. The van der Waals surface area contributed by atoms with Crippen molar-refractivity contribution in [3.8, 4) is 5.88 Å². The first-order chi connectivity index (χ1) is 9.92. The Kier molecular flexibility index (Phi) is 4.06. The number of rotatable bonds is 4. The molecular formula is C13H17N5O3. The number of hydrogen-bond donors (Lipinski definition) is 2. The second-order valence-electron chi connectivity index (χ2n) is 4.65. The minimum atomic E-state index is -0.463. The fraction of sp³-hybridized carbons (Fsp3) is 0.385. The summed E-state index contributed by atoms with van der Waals surface area (Å²) in [4.78, 5) is 29.8. The number of amides is 1. The monoisotopic (exact) mass is 291 g/mol. The summed E-state index contributed by atoms with van der Waals surface area (Å²) in [5.41, 5.74) is 2.16. The number of H-pyrrole nitrogens is 1. The Morgan fingerprint density at radius 3 is 2.76 bits per heavy atom. The zero-order valence-electron chi connectivity index (χ0n) is 12.4. The third-order valence-corrected chi connectivity index (χ3v) is 3.04. The maximum absolute atomic E-state index is 11.9. The predicted molar refractivity (Wildman–Crippen MR) is 75.3 cm³/mol. The van der Waals surface area contributed by atoms with E-state index in [-0.39, 0.29) is 12.4 Å². The predicted octanol–water partition coefficient (Wildman–Crippen LogP) is 0.0588. The first-order valence-corrected chi connectivity index (χ1v) is 6.35. The van der Waals surface area contributed by atoms with Crippen molar-refractivity contribution in [1.82, 2.24) is 25.1 Å². The van der Waals surface area contributed by atoms with E-state index in [4.69, 9.17) is 4.74 Å². The van der Waals surface area contributed by atoms with Crippen molar-refractivity contribution in [2.24, 2.45) is 7.05 Å². The van der Waals surface area contributed by atoms with Gasteiger partial charge >= 0.3 is 5.69 Å². The SMILES string of the molecule is COc1nc(C)cc(C)c1CNC(=O)c1nn(C)c(=O)[nH]1. The number of hydrogen-bond acceptors (Lipinski definition) is 5. The van der Waals surface area contributed by atoms with Crippen molar-refractivity contribution in [2.75, 3.05) is 7.11 Å². The van der Waals surface area contributed by atoms with Crippen LogP contribution in [0.15, 0.2) is 10.9 Å². The van der Waals surface area contributed by atoms with E-state index in [1.54, 1.807) is 0 Å². The number of nitrogens with one attached hydrogen (secondary N) is 2. The summed E-state index contributed by atoms with van der Waals surface area (Å²) in [6.45, 7) is 4.03. The molecule has 8 heteroatoms. The van der Waals surface area contributed by atoms with E-state index in [0.29, 0.717) is 5.88 Å². The highest BCUT2D eigenvalue weighted by molar-refractivity contribution is 5.90. The fourth-order valence-electron chi connectivity index (χ4n) is 1.97. The minimum Gasteiger partial charge on any atom is -0.481 e. The number of aryl methyl sites for hydroxylation is 3. The molecule has 2 heterocycles. The van der Waals surface area contributed by atoms with Crippen LogP contribution in [0.25, 0.3) is 0 Å². The van der Waals surface area contributed by atoms with Gasteiger partial charge in [0, 0.05) is 24.8 Å². The van der Waals surface area contributed by atoms with Crippen molar-refractivity contribution in [1.29, 1.82) is 0 Å². The van der Waals surface area contributed by atoms with Crippen molar-refractivity contribution in [2.45, 2.75) is 20.4 Å². The zero-order chi connectivity index (χ0) is 15.6. The number of carbonyl (C=O) groups excluding carboxylic acids is 1. The lowest BCUT2D eigenvalue weighted by molar-refractivity contribution is 0.0940. The van der Waals surface area contributed by atoms with Crippen LogP contribution in [0.3, 0.4) is 0 Å². The molecule has 0 atom stereocenters. The number of ether oxygens (including phenoxy) is 1. The van der Waals surface area contributed by atoms with Crippen LogP contribution in [-0.2, 0) is 13.6 Å². The van der Waals surface area contributed by atoms with Gasteiger partial charge in [0.2, 0.25) is 11.7 Å². The molecule has 0 aliphatic rings. The van der Waals surface area contributed by atoms with Crippen molar-refractivity contribution in [3.05, 3.63) is 39.2 Å². The smallest absolute Gasteiger partial charge is 0.343 e. The molecule has 0 bridgehead atoms. The molecule has 2 aromatic rings. The lowest BCUT2D eigenvalue weighted by Crippen LogP contribution is -2.25. The Morgan fingerprint density at radius 2 is 2.19 bits per heavy atom. The molecule has 0 unspecified atom stereocenters. The Bertz CT molecular complexity index is 732. The molecule has 8 nitrogen and oxygen atoms in total. The van der Waals surface area contributed by atoms with Gasteiger partial charge < -0.3 is 10.1 Å². The van der Waals surface area contributed by atoms with Crippen LogP contribution in [0.2, 0.25) is 0 Å². The number of aromatic nitrogens is 4. The normalized spacial score (nSPS) is 10.5. The highest BCUT2D eigenvalue weighted by Gasteiger charge is 2.14. The molecule has 0 aliphatic carbocycles. The van der Waals surface area contributed by atoms with E-state index < -0.39 is 11.6 Å². The molecule has 0 radical (unpaired) electrons. The fourth-order valence-corrected chi connectivity index (χ4v) is 1.97. The number of aromatic amines is 1. The van der Waals surface area contributed by atoms with E-state index in [1.165, 1.54) is 14.2 Å². The molecule has 0 fully saturated rings. The molecular weight excluding hydrogens is 274 g/mol. The maximum atomic E-state index is 11.9. The van der Waals surface area contributed by atoms with Crippen LogP contribution >= 0.6 is 0 Å². The van der Waals surface area contributed by atoms with Gasteiger partial charge in [-0.1, -0.05) is 0 Å². The topological polar surface area (TPSA) is 102 Å². The summed E-state index contributed by atoms with van der Waals surface area (Å²) in [6.07, 6.45) is 0. The molecule has 0 saturated heterocycles. The summed E-state index contributed by atoms with van der Waals surface area (Å²) in [5, 5.41) is 6.48. The van der Waals surface area contributed by atoms with Crippen LogP contribution in [0.5, 0.6) is 5.88 Å². The van der Waals surface area contributed by atoms with Gasteiger partial charge in [0.25, 0.3) is 5.91 Å². The summed E-state index contributed by atoms with van der Waals surface area (Å²) in [6, 6.07) is 1.91. The third kappa shape index (κ3) is 3.10. The largest absolute Gasteiger partial charge is 0.481 e. The average molecular weight is 291 g/mol. The van der Waals surface area contributed by atoms with Crippen LogP contribution in [-0.4, -0.2) is 32.8 Å². The van der Waals surface area contributed by atoms with Gasteiger partial charge in [0.15, 0.2) is 0 Å². The van der Waals surface area contributed by atoms with Crippen LogP contribution in [0, 0.1) is 13.8 Å². The molecule has 2 N–H and O–H groups in total. The van der Waals surface area contributed by atoms with Gasteiger partial charge in [0.1, 0.15) is 0 Å². The van der Waals surface area contributed by atoms with Crippen molar-refractivity contribution < 1.29 is 9.53 Å². The quantitative estimate of drug-likeness (QED) is 0.829. The van der Waals surface area contributed by atoms with Gasteiger partial charge in [-0.25, -0.2) is 14.5 Å². The molecule has 0 saturated carbocycles. The Hall–Kier alpha value is -2.64. The summed E-state index contributed by atoms with van der Waals surface area (Å²) >= 11 is 0. The first-order valence-electron chi connectivity index (χ1n) is 6.35. The summed E-state index contributed by atoms with van der Waals surface area (Å²) in [5.74, 6) is -0.0174. The molecule has 1 amide bonds. The Balaban J connectivity index is 2.16. The molecule has 2 aromatic heterocycles. The molecule has 0 aromatic carbocycles. The first kappa shape index (κ1) is 14.8. The Morgan fingerprint density at radius 1 is 1.48 bits per heavy atom. The Labute approximate surface area is 121 Å². The van der Waals surface area contributed by atoms with Gasteiger partial charge in [0.05, 0.1) is 7.11 Å². The number of methoxy groups -OCH3 is 1. The van der Waals surface area contributed by atoms with E-state index in [1.807, 2.05) is 19.9 Å². The highest BCUT2D eigenvalue weighted by atomic mass is 16.5. The molecule has 2 rings (SSSR count). The zero-order valence-corrected chi connectivity index (χ0v) is 12.4. The lowest BCUT2D eigenvalue weighted by Gasteiger charge is -2.12. The molecule has 0 aliphatic heterocycles. The minimum absolute atomic E-state index is 0.0285. The van der Waals surface area contributed by atoms with Crippen LogP contribution in [0.1, 0.15) is 27.4 Å². The van der Waals surface area contributed by atoms with Crippen LogP contribution in [0.4, 0.5) is 0 Å². The van der Waals surface area contributed by atoms with Gasteiger partial charge in [-0.2, -0.15) is 0 Å². The molecule has 112 valence electrons. The lowest BCUT2D eigenvalue weighted by atomic mass is 10.1. The van der Waals surface area contributed by atoms with E-state index >= 15 is 0 Å². The number of pyridine rings is 1. The third-order valence-electron chi connectivity index (χ3n) is 3.04. The van der Waals surface area contributed by atoms with Gasteiger partial charge in [-0.3, -0.25) is 9.78 Å². The number of carbonyl (C=O) groups is 1.